The van der Waals surface area contributed by atoms with Crippen LogP contribution >= 0.6 is 0 Å². The van der Waals surface area contributed by atoms with E-state index in [0.717, 1.165) is 72.0 Å². The van der Waals surface area contributed by atoms with Crippen molar-refractivity contribution in [3.63, 3.8) is 0 Å². The molecule has 11 rings (SSSR count). The zero-order valence-electron chi connectivity index (χ0n) is 31.7. The molecule has 1 aliphatic heterocycles. The minimum Gasteiger partial charge on any atom is -0.456 e. The normalized spacial score (nSPS) is 16.2. The molecule has 0 spiro atoms. The number of nitrogens with zero attached hydrogens (tertiary/aromatic N) is 4. The minimum absolute atomic E-state index is 0.0189. The van der Waals surface area contributed by atoms with Crippen LogP contribution in [0.5, 0.6) is 0 Å². The van der Waals surface area contributed by atoms with Gasteiger partial charge in [-0.2, -0.15) is 0 Å². The highest BCUT2D eigenvalue weighted by Gasteiger charge is 2.42. The molecule has 0 radical (unpaired) electrons. The molecule has 2 aliphatic rings. The predicted octanol–water partition coefficient (Wildman–Crippen LogP) is 11.2. The maximum Gasteiger partial charge on any atom is 0.167 e. The van der Waals surface area contributed by atoms with Crippen LogP contribution in [-0.2, 0) is 0 Å². The zero-order chi connectivity index (χ0) is 38.7. The minimum atomic E-state index is 0.0189. The summed E-state index contributed by atoms with van der Waals surface area (Å²) >= 11 is 0. The number of rotatable bonds is 6. The number of para-hydroxylation sites is 3. The van der Waals surface area contributed by atoms with Crippen molar-refractivity contribution in [1.29, 1.82) is 0 Å². The lowest BCUT2D eigenvalue weighted by atomic mass is 9.83. The number of anilines is 2. The Kier molecular flexibility index (Phi) is 7.89. The average Bonchev–Trinajstić information content (AvgIpc) is 3.95. The molecule has 6 heteroatoms. The summed E-state index contributed by atoms with van der Waals surface area (Å²) in [6.07, 6.45) is 8.39. The molecular formula is C52H36N4O2. The molecule has 9 aromatic rings. The Morgan fingerprint density at radius 1 is 0.672 bits per heavy atom. The van der Waals surface area contributed by atoms with Crippen LogP contribution in [0, 0.1) is 0 Å². The Balaban J connectivity index is 1.15. The lowest BCUT2D eigenvalue weighted by molar-refractivity contribution is 0.512. The molecule has 4 heterocycles. The smallest absolute Gasteiger partial charge is 0.167 e. The molecular weight excluding hydrogens is 713 g/mol. The van der Waals surface area contributed by atoms with Crippen molar-refractivity contribution in [2.24, 2.45) is 0 Å². The second kappa shape index (κ2) is 13.6. The number of hydrogen-bond donors (Lipinski definition) is 0. The van der Waals surface area contributed by atoms with Crippen LogP contribution in [0.1, 0.15) is 35.6 Å². The predicted molar refractivity (Wildman–Crippen MR) is 234 cm³/mol. The second-order valence-electron chi connectivity index (χ2n) is 14.7. The van der Waals surface area contributed by atoms with Crippen molar-refractivity contribution in [2.75, 3.05) is 4.90 Å². The van der Waals surface area contributed by atoms with E-state index in [4.69, 9.17) is 30.4 Å². The van der Waals surface area contributed by atoms with Crippen LogP contribution < -0.4 is 15.5 Å². The van der Waals surface area contributed by atoms with Gasteiger partial charge in [-0.15, -0.1) is 0 Å². The number of hydrogen-bond acceptors (Lipinski definition) is 6. The van der Waals surface area contributed by atoms with Gasteiger partial charge in [0.25, 0.3) is 0 Å². The van der Waals surface area contributed by atoms with E-state index in [1.807, 2.05) is 55.5 Å². The quantitative estimate of drug-likeness (QED) is 0.169. The molecule has 0 N–H and O–H groups in total. The van der Waals surface area contributed by atoms with E-state index in [1.54, 1.807) is 0 Å². The van der Waals surface area contributed by atoms with Gasteiger partial charge in [-0.3, -0.25) is 0 Å². The summed E-state index contributed by atoms with van der Waals surface area (Å²) in [6, 6.07) is 52.2. The molecule has 58 heavy (non-hydrogen) atoms. The van der Waals surface area contributed by atoms with Crippen molar-refractivity contribution in [3.8, 4) is 33.9 Å². The molecule has 2 atom stereocenters. The fourth-order valence-electron chi connectivity index (χ4n) is 8.85. The number of furan rings is 2. The van der Waals surface area contributed by atoms with Gasteiger partial charge in [0.2, 0.25) is 0 Å². The first-order valence-electron chi connectivity index (χ1n) is 19.6. The van der Waals surface area contributed by atoms with Gasteiger partial charge in [0.15, 0.2) is 17.5 Å². The van der Waals surface area contributed by atoms with E-state index in [9.17, 15) is 0 Å². The Morgan fingerprint density at radius 2 is 1.38 bits per heavy atom. The van der Waals surface area contributed by atoms with Gasteiger partial charge < -0.3 is 13.7 Å². The van der Waals surface area contributed by atoms with Crippen LogP contribution in [0.15, 0.2) is 179 Å². The summed E-state index contributed by atoms with van der Waals surface area (Å²) in [7, 11) is 0. The van der Waals surface area contributed by atoms with E-state index in [-0.39, 0.29) is 12.0 Å². The van der Waals surface area contributed by atoms with Gasteiger partial charge in [-0.1, -0.05) is 140 Å². The molecule has 0 saturated carbocycles. The topological polar surface area (TPSA) is 68.2 Å². The van der Waals surface area contributed by atoms with E-state index in [1.165, 1.54) is 11.3 Å². The number of benzene rings is 6. The molecule has 6 aromatic carbocycles. The molecule has 2 unspecified atom stereocenters. The Morgan fingerprint density at radius 3 is 2.24 bits per heavy atom. The fraction of sp³-hybridized carbons (Fsp3) is 0.0577. The highest BCUT2D eigenvalue weighted by atomic mass is 16.3. The van der Waals surface area contributed by atoms with Crippen molar-refractivity contribution >= 4 is 51.5 Å². The molecule has 0 saturated heterocycles. The molecule has 276 valence electrons. The van der Waals surface area contributed by atoms with Crippen molar-refractivity contribution in [2.45, 2.75) is 18.9 Å². The summed E-state index contributed by atoms with van der Waals surface area (Å²) in [5.41, 5.74) is 11.5. The maximum absolute atomic E-state index is 6.88. The third-order valence-electron chi connectivity index (χ3n) is 11.4. The van der Waals surface area contributed by atoms with Crippen molar-refractivity contribution in [3.05, 3.63) is 203 Å². The number of fused-ring (bicyclic) bond motifs is 8. The average molecular weight is 749 g/mol. The van der Waals surface area contributed by atoms with E-state index >= 15 is 0 Å². The van der Waals surface area contributed by atoms with Gasteiger partial charge in [0.05, 0.1) is 11.6 Å². The summed E-state index contributed by atoms with van der Waals surface area (Å²) in [6.45, 7) is 6.74. The number of allylic oxidation sites excluding steroid dienone is 2. The Labute approximate surface area is 335 Å². The summed E-state index contributed by atoms with van der Waals surface area (Å²) in [5.74, 6) is 2.39. The van der Waals surface area contributed by atoms with Gasteiger partial charge in [-0.25, -0.2) is 15.0 Å². The lowest BCUT2D eigenvalue weighted by Crippen LogP contribution is -2.34. The SMILES string of the molecule is C=c1c2c(o/c1=C(/C=C\C)c1nc(-c3cccc(-c4ccccc4)c3)nc(-c3cccc4oc5ccccc5c34)n1)C=CC1C2c2ccccc2N1c1ccccc1. The first kappa shape index (κ1) is 33.7. The van der Waals surface area contributed by atoms with Crippen molar-refractivity contribution in [1.82, 2.24) is 15.0 Å². The van der Waals surface area contributed by atoms with Crippen LogP contribution in [0.2, 0.25) is 0 Å². The fourth-order valence-corrected chi connectivity index (χ4v) is 8.85. The largest absolute Gasteiger partial charge is 0.456 e. The summed E-state index contributed by atoms with van der Waals surface area (Å²) < 4.78 is 13.2. The molecule has 3 aromatic heterocycles. The van der Waals surface area contributed by atoms with Crippen LogP contribution in [0.4, 0.5) is 11.4 Å². The van der Waals surface area contributed by atoms with Gasteiger partial charge >= 0.3 is 0 Å². The molecule has 1 aliphatic carbocycles. The van der Waals surface area contributed by atoms with Crippen LogP contribution in [0.25, 0.3) is 74.1 Å². The Bertz CT molecular complexity index is 3230. The Hall–Kier alpha value is -7.57. The third kappa shape index (κ3) is 5.37. The molecule has 0 bridgehead atoms. The number of aromatic nitrogens is 3. The highest BCUT2D eigenvalue weighted by molar-refractivity contribution is 6.11. The standard InChI is InChI=1S/C52H36N4O2/c1-3-16-40(49-32(2)46-45(58-49)30-29-42-48(46)37-23-10-12-26-41(37)56(42)36-21-8-5-9-22-36)52-54-50(35-20-14-19-34(31-35)33-17-6-4-7-18-33)53-51(55-52)39-25-15-28-44-47(39)38-24-11-13-27-43(38)57-44/h3-31,42,48H,2H2,1H3/b16-3-,49-40-. The third-order valence-corrected chi connectivity index (χ3v) is 11.4. The molecule has 6 nitrogen and oxygen atoms in total. The van der Waals surface area contributed by atoms with Crippen LogP contribution in [-0.4, -0.2) is 21.0 Å². The monoisotopic (exact) mass is 748 g/mol. The van der Waals surface area contributed by atoms with E-state index < -0.39 is 0 Å². The first-order valence-corrected chi connectivity index (χ1v) is 19.6. The van der Waals surface area contributed by atoms with Gasteiger partial charge in [-0.05, 0) is 66.1 Å². The van der Waals surface area contributed by atoms with Gasteiger partial charge in [0, 0.05) is 50.0 Å². The van der Waals surface area contributed by atoms with Crippen LogP contribution in [0.3, 0.4) is 0 Å². The highest BCUT2D eigenvalue weighted by Crippen LogP contribution is 2.50. The summed E-state index contributed by atoms with van der Waals surface area (Å²) in [5, 5.41) is 2.78. The lowest BCUT2D eigenvalue weighted by Gasteiger charge is -2.30. The molecule has 0 amide bonds. The van der Waals surface area contributed by atoms with Gasteiger partial charge in [0.1, 0.15) is 22.3 Å². The van der Waals surface area contributed by atoms with Crippen molar-refractivity contribution < 1.29 is 8.83 Å². The molecule has 0 fully saturated rings. The second-order valence-corrected chi connectivity index (χ2v) is 14.7. The zero-order valence-corrected chi connectivity index (χ0v) is 31.7. The van der Waals surface area contributed by atoms with E-state index in [2.05, 4.69) is 132 Å². The summed E-state index contributed by atoms with van der Waals surface area (Å²) in [4.78, 5) is 18.2. The first-order chi connectivity index (χ1) is 28.6. The van der Waals surface area contributed by atoms with E-state index in [0.29, 0.717) is 22.9 Å². The maximum atomic E-state index is 6.88.